The van der Waals surface area contributed by atoms with E-state index >= 15 is 0 Å². The monoisotopic (exact) mass is 400 g/mol. The molecule has 0 saturated heterocycles. The van der Waals surface area contributed by atoms with Gasteiger partial charge in [0.2, 0.25) is 0 Å². The van der Waals surface area contributed by atoms with Crippen molar-refractivity contribution in [2.45, 2.75) is 60.5 Å². The standard InChI is InChI=1S/C28H32O2/c1-16-13-19(4)24(20(5)14-16)27(29)28(30)26(23-11-9-8-10-12-23)25-21(6)17(2)15-18(3)22(25)7/h8-15,26,28,30H,1-7H3/t26-,28+/m0/s1. The molecule has 0 fully saturated rings. The Labute approximate surface area is 180 Å². The Kier molecular flexibility index (Phi) is 6.28. The summed E-state index contributed by atoms with van der Waals surface area (Å²) in [7, 11) is 0. The fourth-order valence-corrected chi connectivity index (χ4v) is 4.75. The van der Waals surface area contributed by atoms with Crippen molar-refractivity contribution in [1.29, 1.82) is 0 Å². The van der Waals surface area contributed by atoms with Crippen molar-refractivity contribution < 1.29 is 9.90 Å². The van der Waals surface area contributed by atoms with Crippen LogP contribution in [0.1, 0.15) is 66.3 Å². The zero-order valence-electron chi connectivity index (χ0n) is 19.1. The Morgan fingerprint density at radius 2 is 1.23 bits per heavy atom. The third-order valence-electron chi connectivity index (χ3n) is 6.40. The minimum Gasteiger partial charge on any atom is -0.384 e. The second kappa shape index (κ2) is 8.57. The van der Waals surface area contributed by atoms with Crippen molar-refractivity contribution in [1.82, 2.24) is 0 Å². The predicted molar refractivity (Wildman–Crippen MR) is 125 cm³/mol. The molecule has 0 heterocycles. The van der Waals surface area contributed by atoms with Gasteiger partial charge in [0.25, 0.3) is 0 Å². The van der Waals surface area contributed by atoms with Gasteiger partial charge in [0.05, 0.1) is 0 Å². The molecule has 2 nitrogen and oxygen atoms in total. The van der Waals surface area contributed by atoms with Crippen LogP contribution in [0.4, 0.5) is 0 Å². The van der Waals surface area contributed by atoms with Gasteiger partial charge >= 0.3 is 0 Å². The molecule has 3 aromatic rings. The summed E-state index contributed by atoms with van der Waals surface area (Å²) < 4.78 is 0. The second-order valence-corrected chi connectivity index (χ2v) is 8.65. The van der Waals surface area contributed by atoms with E-state index in [1.165, 1.54) is 11.1 Å². The van der Waals surface area contributed by atoms with Gasteiger partial charge in [-0.05, 0) is 93.0 Å². The number of hydrogen-bond donors (Lipinski definition) is 1. The molecule has 1 N–H and O–H groups in total. The molecule has 3 rings (SSSR count). The maximum Gasteiger partial charge on any atom is 0.192 e. The van der Waals surface area contributed by atoms with E-state index in [1.54, 1.807) is 0 Å². The van der Waals surface area contributed by atoms with Crippen molar-refractivity contribution in [2.24, 2.45) is 0 Å². The molecule has 0 aliphatic carbocycles. The molecule has 0 aliphatic heterocycles. The second-order valence-electron chi connectivity index (χ2n) is 8.65. The van der Waals surface area contributed by atoms with Gasteiger partial charge in [-0.25, -0.2) is 0 Å². The van der Waals surface area contributed by atoms with Gasteiger partial charge in [-0.15, -0.1) is 0 Å². The van der Waals surface area contributed by atoms with Gasteiger partial charge in [0, 0.05) is 11.5 Å². The van der Waals surface area contributed by atoms with Gasteiger partial charge < -0.3 is 5.11 Å². The average molecular weight is 401 g/mol. The number of aliphatic hydroxyl groups excluding tert-OH is 1. The average Bonchev–Trinajstić information content (AvgIpc) is 2.69. The lowest BCUT2D eigenvalue weighted by Crippen LogP contribution is -2.31. The Morgan fingerprint density at radius 3 is 1.73 bits per heavy atom. The van der Waals surface area contributed by atoms with E-state index < -0.39 is 12.0 Å². The molecule has 2 atom stereocenters. The first-order valence-electron chi connectivity index (χ1n) is 10.6. The number of aryl methyl sites for hydroxylation is 5. The molecule has 0 aromatic heterocycles. The van der Waals surface area contributed by atoms with Crippen LogP contribution in [0, 0.1) is 48.5 Å². The van der Waals surface area contributed by atoms with E-state index in [0.29, 0.717) is 5.56 Å². The van der Waals surface area contributed by atoms with Gasteiger partial charge in [0.1, 0.15) is 6.10 Å². The number of aliphatic hydroxyl groups is 1. The molecule has 0 bridgehead atoms. The molecule has 156 valence electrons. The fourth-order valence-electron chi connectivity index (χ4n) is 4.75. The summed E-state index contributed by atoms with van der Waals surface area (Å²) in [5.74, 6) is -0.630. The minimum absolute atomic E-state index is 0.211. The van der Waals surface area contributed by atoms with Crippen molar-refractivity contribution in [3.8, 4) is 0 Å². The summed E-state index contributed by atoms with van der Waals surface area (Å²) in [4.78, 5) is 13.6. The van der Waals surface area contributed by atoms with Crippen molar-refractivity contribution in [3.05, 3.63) is 104 Å². The van der Waals surface area contributed by atoms with Crippen LogP contribution in [0.2, 0.25) is 0 Å². The molecule has 0 amide bonds. The SMILES string of the molecule is Cc1cc(C)c(C(=O)[C@H](O)[C@@H](c2ccccc2)c2c(C)c(C)cc(C)c2C)c(C)c1. The van der Waals surface area contributed by atoms with E-state index in [0.717, 1.165) is 38.9 Å². The predicted octanol–water partition coefficient (Wildman–Crippen LogP) is 6.22. The maximum atomic E-state index is 13.6. The molecule has 2 heteroatoms. The van der Waals surface area contributed by atoms with E-state index in [9.17, 15) is 9.90 Å². The highest BCUT2D eigenvalue weighted by Crippen LogP contribution is 2.37. The van der Waals surface area contributed by atoms with Crippen LogP contribution in [-0.4, -0.2) is 17.0 Å². The Hall–Kier alpha value is -2.71. The first kappa shape index (κ1) is 22.0. The molecule has 0 aliphatic rings. The van der Waals surface area contributed by atoms with Crippen molar-refractivity contribution in [3.63, 3.8) is 0 Å². The zero-order chi connectivity index (χ0) is 22.2. The van der Waals surface area contributed by atoms with E-state index in [1.807, 2.05) is 63.2 Å². The molecule has 30 heavy (non-hydrogen) atoms. The summed E-state index contributed by atoms with van der Waals surface area (Å²) >= 11 is 0. The van der Waals surface area contributed by atoms with Crippen LogP contribution < -0.4 is 0 Å². The molecule has 0 radical (unpaired) electrons. The van der Waals surface area contributed by atoms with Crippen LogP contribution in [0.25, 0.3) is 0 Å². The van der Waals surface area contributed by atoms with Crippen LogP contribution in [0.15, 0.2) is 48.5 Å². The normalized spacial score (nSPS) is 13.2. The van der Waals surface area contributed by atoms with Crippen molar-refractivity contribution in [2.75, 3.05) is 0 Å². The lowest BCUT2D eigenvalue weighted by Gasteiger charge is -2.29. The molecule has 0 spiro atoms. The Balaban J connectivity index is 2.22. The first-order valence-corrected chi connectivity index (χ1v) is 10.6. The molecule has 3 aromatic carbocycles. The van der Waals surface area contributed by atoms with E-state index in [-0.39, 0.29) is 5.78 Å². The smallest absolute Gasteiger partial charge is 0.192 e. The van der Waals surface area contributed by atoms with Crippen LogP contribution >= 0.6 is 0 Å². The van der Waals surface area contributed by atoms with E-state index in [2.05, 4.69) is 33.8 Å². The largest absolute Gasteiger partial charge is 0.384 e. The summed E-state index contributed by atoms with van der Waals surface area (Å²) in [5.41, 5.74) is 10.2. The highest BCUT2D eigenvalue weighted by atomic mass is 16.3. The molecular formula is C28H32O2. The van der Waals surface area contributed by atoms with E-state index in [4.69, 9.17) is 0 Å². The van der Waals surface area contributed by atoms with Crippen LogP contribution in [-0.2, 0) is 0 Å². The number of carbonyl (C=O) groups is 1. The number of Topliss-reactive ketones (excluding diaryl/α,β-unsaturated/α-hetero) is 1. The first-order chi connectivity index (χ1) is 14.1. The number of carbonyl (C=O) groups excluding carboxylic acids is 1. The number of hydrogen-bond acceptors (Lipinski definition) is 2. The van der Waals surface area contributed by atoms with Crippen molar-refractivity contribution >= 4 is 5.78 Å². The minimum atomic E-state index is -1.16. The lowest BCUT2D eigenvalue weighted by molar-refractivity contribution is 0.0713. The van der Waals surface area contributed by atoms with Gasteiger partial charge in [0.15, 0.2) is 5.78 Å². The van der Waals surface area contributed by atoms with Gasteiger partial charge in [-0.1, -0.05) is 54.1 Å². The maximum absolute atomic E-state index is 13.6. The fraction of sp³-hybridized carbons (Fsp3) is 0.321. The Bertz CT molecular complexity index is 1040. The summed E-state index contributed by atoms with van der Waals surface area (Å²) in [6.45, 7) is 14.3. The quantitative estimate of drug-likeness (QED) is 0.516. The van der Waals surface area contributed by atoms with Crippen LogP contribution in [0.3, 0.4) is 0 Å². The van der Waals surface area contributed by atoms with Crippen LogP contribution in [0.5, 0.6) is 0 Å². The summed E-state index contributed by atoms with van der Waals surface area (Å²) in [5, 5.41) is 11.5. The zero-order valence-corrected chi connectivity index (χ0v) is 19.1. The number of benzene rings is 3. The highest BCUT2D eigenvalue weighted by Gasteiger charge is 2.33. The molecule has 0 unspecified atom stereocenters. The lowest BCUT2D eigenvalue weighted by atomic mass is 9.77. The molecular weight excluding hydrogens is 368 g/mol. The third kappa shape index (κ3) is 3.97. The number of ketones is 1. The Morgan fingerprint density at radius 1 is 0.733 bits per heavy atom. The summed E-state index contributed by atoms with van der Waals surface area (Å²) in [6, 6.07) is 16.1. The van der Waals surface area contributed by atoms with Gasteiger partial charge in [-0.3, -0.25) is 4.79 Å². The molecule has 0 saturated carbocycles. The third-order valence-corrected chi connectivity index (χ3v) is 6.40. The number of rotatable bonds is 5. The highest BCUT2D eigenvalue weighted by molar-refractivity contribution is 6.02. The van der Waals surface area contributed by atoms with Gasteiger partial charge in [-0.2, -0.15) is 0 Å². The topological polar surface area (TPSA) is 37.3 Å². The summed E-state index contributed by atoms with van der Waals surface area (Å²) in [6.07, 6.45) is -1.16.